The average molecular weight is 222 g/mol. The molecule has 2 rings (SSSR count). The number of phenolic OH excluding ortho intramolecular Hbond substituents is 1. The number of phenols is 1. The van der Waals surface area contributed by atoms with Crippen molar-refractivity contribution < 1.29 is 14.7 Å². The molecular formula is C11H14N2O3. The number of amides is 1. The molecule has 5 nitrogen and oxygen atoms in total. The van der Waals surface area contributed by atoms with Crippen molar-refractivity contribution in [2.45, 2.75) is 18.9 Å². The number of nitrogens with two attached hydrogens (primary N) is 1. The van der Waals surface area contributed by atoms with Crippen molar-refractivity contribution in [1.82, 2.24) is 5.48 Å². The van der Waals surface area contributed by atoms with E-state index in [1.165, 1.54) is 0 Å². The maximum absolute atomic E-state index is 10.5. The molecule has 0 radical (unpaired) electrons. The van der Waals surface area contributed by atoms with Crippen molar-refractivity contribution in [1.29, 1.82) is 0 Å². The Balaban J connectivity index is 2.01. The summed E-state index contributed by atoms with van der Waals surface area (Å²) in [6.45, 7) is -0.148. The van der Waals surface area contributed by atoms with Gasteiger partial charge in [0.05, 0.1) is 6.04 Å². The predicted molar refractivity (Wildman–Crippen MR) is 57.5 cm³/mol. The van der Waals surface area contributed by atoms with Crippen molar-refractivity contribution in [2.75, 3.05) is 6.61 Å². The van der Waals surface area contributed by atoms with E-state index >= 15 is 0 Å². The van der Waals surface area contributed by atoms with Crippen molar-refractivity contribution in [3.63, 3.8) is 0 Å². The quantitative estimate of drug-likeness (QED) is 0.643. The van der Waals surface area contributed by atoms with E-state index in [1.807, 2.05) is 6.07 Å². The van der Waals surface area contributed by atoms with Gasteiger partial charge >= 0.3 is 0 Å². The van der Waals surface area contributed by atoms with Crippen molar-refractivity contribution in [3.05, 3.63) is 29.3 Å². The summed E-state index contributed by atoms with van der Waals surface area (Å²) in [4.78, 5) is 15.5. The van der Waals surface area contributed by atoms with Gasteiger partial charge in [0.25, 0.3) is 0 Å². The summed E-state index contributed by atoms with van der Waals surface area (Å²) in [5.41, 5.74) is 9.70. The van der Waals surface area contributed by atoms with Gasteiger partial charge in [-0.25, -0.2) is 0 Å². The lowest BCUT2D eigenvalue weighted by atomic mass is 10.1. The molecule has 4 N–H and O–H groups in total. The van der Waals surface area contributed by atoms with E-state index in [2.05, 4.69) is 5.48 Å². The Hall–Kier alpha value is -1.59. The van der Waals surface area contributed by atoms with Gasteiger partial charge in [0.2, 0.25) is 5.91 Å². The number of hydrogen-bond acceptors (Lipinski definition) is 4. The van der Waals surface area contributed by atoms with Crippen LogP contribution in [0.15, 0.2) is 18.2 Å². The molecule has 16 heavy (non-hydrogen) atoms. The van der Waals surface area contributed by atoms with E-state index in [0.29, 0.717) is 5.75 Å². The third-order valence-corrected chi connectivity index (χ3v) is 2.69. The van der Waals surface area contributed by atoms with Crippen LogP contribution in [0.3, 0.4) is 0 Å². The zero-order chi connectivity index (χ0) is 11.5. The van der Waals surface area contributed by atoms with Crippen LogP contribution in [-0.4, -0.2) is 17.6 Å². The van der Waals surface area contributed by atoms with Crippen molar-refractivity contribution >= 4 is 5.91 Å². The fraction of sp³-hybridized carbons (Fsp3) is 0.364. The Bertz CT molecular complexity index is 406. The lowest BCUT2D eigenvalue weighted by Gasteiger charge is -2.13. The van der Waals surface area contributed by atoms with Gasteiger partial charge in [0, 0.05) is 0 Å². The van der Waals surface area contributed by atoms with Crippen molar-refractivity contribution in [2.24, 2.45) is 5.73 Å². The summed E-state index contributed by atoms with van der Waals surface area (Å²) in [6.07, 6.45) is 1.64. The molecule has 1 aromatic rings. The first-order valence-corrected chi connectivity index (χ1v) is 5.15. The molecule has 1 atom stereocenters. The number of aromatic hydroxyl groups is 1. The lowest BCUT2D eigenvalue weighted by molar-refractivity contribution is -0.126. The molecule has 0 saturated carbocycles. The van der Waals surface area contributed by atoms with E-state index in [9.17, 15) is 9.90 Å². The Morgan fingerprint density at radius 2 is 2.44 bits per heavy atom. The van der Waals surface area contributed by atoms with Crippen molar-refractivity contribution in [3.8, 4) is 5.75 Å². The Morgan fingerprint density at radius 1 is 1.62 bits per heavy atom. The van der Waals surface area contributed by atoms with Gasteiger partial charge in [0.15, 0.2) is 0 Å². The minimum absolute atomic E-state index is 0.0152. The molecule has 1 aliphatic carbocycles. The van der Waals surface area contributed by atoms with Gasteiger partial charge in [-0.3, -0.25) is 9.63 Å². The number of hydrogen-bond donors (Lipinski definition) is 3. The zero-order valence-corrected chi connectivity index (χ0v) is 8.77. The highest BCUT2D eigenvalue weighted by Gasteiger charge is 2.24. The fourth-order valence-electron chi connectivity index (χ4n) is 1.97. The van der Waals surface area contributed by atoms with E-state index in [1.54, 1.807) is 12.1 Å². The van der Waals surface area contributed by atoms with Gasteiger partial charge in [-0.05, 0) is 30.0 Å². The Morgan fingerprint density at radius 3 is 3.19 bits per heavy atom. The van der Waals surface area contributed by atoms with Gasteiger partial charge in [0.1, 0.15) is 12.4 Å². The van der Waals surface area contributed by atoms with Crippen LogP contribution in [-0.2, 0) is 16.1 Å². The molecule has 0 saturated heterocycles. The Labute approximate surface area is 93.2 Å². The van der Waals surface area contributed by atoms with Crippen LogP contribution in [0, 0.1) is 0 Å². The molecule has 0 spiro atoms. The number of nitrogens with one attached hydrogen (secondary N) is 1. The highest BCUT2D eigenvalue weighted by atomic mass is 16.6. The van der Waals surface area contributed by atoms with Gasteiger partial charge in [-0.2, -0.15) is 5.48 Å². The highest BCUT2D eigenvalue weighted by Crippen LogP contribution is 2.35. The van der Waals surface area contributed by atoms with Crippen LogP contribution in [0.4, 0.5) is 0 Å². The molecule has 86 valence electrons. The molecular weight excluding hydrogens is 208 g/mol. The van der Waals surface area contributed by atoms with Gasteiger partial charge < -0.3 is 10.8 Å². The fourth-order valence-corrected chi connectivity index (χ4v) is 1.97. The van der Waals surface area contributed by atoms with E-state index in [-0.39, 0.29) is 12.6 Å². The number of primary amides is 1. The van der Waals surface area contributed by atoms with Gasteiger partial charge in [-0.1, -0.05) is 12.1 Å². The maximum Gasteiger partial charge on any atom is 0.245 e. The smallest absolute Gasteiger partial charge is 0.245 e. The molecule has 5 heteroatoms. The van der Waals surface area contributed by atoms with Crippen LogP contribution in [0.2, 0.25) is 0 Å². The Kier molecular flexibility index (Phi) is 3.07. The second-order valence-corrected chi connectivity index (χ2v) is 3.81. The van der Waals surface area contributed by atoms with Crippen LogP contribution >= 0.6 is 0 Å². The standard InChI is InChI=1S/C11H14N2O3/c12-11(15)6-16-13-9-5-4-8-7(9)2-1-3-10(8)14/h1-3,9,13-14H,4-6H2,(H2,12,15). The van der Waals surface area contributed by atoms with Gasteiger partial charge in [-0.15, -0.1) is 0 Å². The molecule has 0 aromatic heterocycles. The summed E-state index contributed by atoms with van der Waals surface area (Å²) in [5, 5.41) is 9.62. The molecule has 0 fully saturated rings. The molecule has 1 amide bonds. The monoisotopic (exact) mass is 222 g/mol. The summed E-state index contributed by atoms with van der Waals surface area (Å²) < 4.78 is 0. The van der Waals surface area contributed by atoms with E-state index in [4.69, 9.17) is 10.6 Å². The number of fused-ring (bicyclic) bond motifs is 1. The second kappa shape index (κ2) is 4.51. The van der Waals surface area contributed by atoms with Crippen LogP contribution < -0.4 is 11.2 Å². The normalized spacial score (nSPS) is 18.4. The minimum atomic E-state index is -0.512. The first-order chi connectivity index (χ1) is 7.68. The predicted octanol–water partition coefficient (Wildman–Crippen LogP) is 0.386. The topological polar surface area (TPSA) is 84.6 Å². The van der Waals surface area contributed by atoms with Crippen LogP contribution in [0.5, 0.6) is 5.75 Å². The summed E-state index contributed by atoms with van der Waals surface area (Å²) in [6, 6.07) is 5.42. The first kappa shape index (κ1) is 10.9. The third-order valence-electron chi connectivity index (χ3n) is 2.69. The van der Waals surface area contributed by atoms with E-state index < -0.39 is 5.91 Å². The number of benzene rings is 1. The molecule has 1 unspecified atom stereocenters. The summed E-state index contributed by atoms with van der Waals surface area (Å²) in [7, 11) is 0. The lowest BCUT2D eigenvalue weighted by Crippen LogP contribution is -2.27. The number of carbonyl (C=O) groups is 1. The number of rotatable bonds is 4. The zero-order valence-electron chi connectivity index (χ0n) is 8.77. The molecule has 0 aliphatic heterocycles. The third kappa shape index (κ3) is 2.15. The highest BCUT2D eigenvalue weighted by molar-refractivity contribution is 5.74. The average Bonchev–Trinajstić information content (AvgIpc) is 2.63. The minimum Gasteiger partial charge on any atom is -0.508 e. The largest absolute Gasteiger partial charge is 0.508 e. The summed E-state index contributed by atoms with van der Waals surface area (Å²) in [5.74, 6) is -0.196. The van der Waals surface area contributed by atoms with Crippen LogP contribution in [0.25, 0.3) is 0 Å². The molecule has 1 aromatic carbocycles. The second-order valence-electron chi connectivity index (χ2n) is 3.81. The first-order valence-electron chi connectivity index (χ1n) is 5.15. The molecule has 0 heterocycles. The SMILES string of the molecule is NC(=O)CONC1CCc2c(O)cccc21. The van der Waals surface area contributed by atoms with E-state index in [0.717, 1.165) is 24.0 Å². The molecule has 0 bridgehead atoms. The number of hydroxylamine groups is 1. The summed E-state index contributed by atoms with van der Waals surface area (Å²) >= 11 is 0. The molecule has 1 aliphatic rings. The number of carbonyl (C=O) groups excluding carboxylic acids is 1. The van der Waals surface area contributed by atoms with Crippen LogP contribution in [0.1, 0.15) is 23.6 Å². The maximum atomic E-state index is 10.5.